The van der Waals surface area contributed by atoms with Crippen LogP contribution in [0.3, 0.4) is 0 Å². The van der Waals surface area contributed by atoms with Gasteiger partial charge in [-0.1, -0.05) is 11.6 Å². The van der Waals surface area contributed by atoms with Gasteiger partial charge in [0.05, 0.1) is 6.20 Å². The number of nitrogens with one attached hydrogen (secondary N) is 1. The molecule has 0 unspecified atom stereocenters. The maximum Gasteiger partial charge on any atom is 0.319 e. The Morgan fingerprint density at radius 2 is 2.27 bits per heavy atom. The predicted molar refractivity (Wildman–Crippen MR) is 49.1 cm³/mol. The summed E-state index contributed by atoms with van der Waals surface area (Å²) in [5.41, 5.74) is -0.871. The number of carboxylic acid groups (broad SMARTS) is 1. The van der Waals surface area contributed by atoms with Crippen LogP contribution in [-0.4, -0.2) is 22.1 Å². The van der Waals surface area contributed by atoms with Gasteiger partial charge in [0.2, 0.25) is 5.91 Å². The molecular formula is C9H10N2O4. The first kappa shape index (κ1) is 9.70. The number of hydrogen-bond acceptors (Lipinski definition) is 4. The summed E-state index contributed by atoms with van der Waals surface area (Å²) in [4.78, 5) is 22.7. The molecule has 0 radical (unpaired) electrons. The van der Waals surface area contributed by atoms with Crippen LogP contribution in [0.25, 0.3) is 0 Å². The van der Waals surface area contributed by atoms with Gasteiger partial charge in [0.1, 0.15) is 17.4 Å². The van der Waals surface area contributed by atoms with Gasteiger partial charge in [-0.25, -0.2) is 0 Å². The van der Waals surface area contributed by atoms with E-state index in [0.717, 1.165) is 6.42 Å². The second-order valence-corrected chi connectivity index (χ2v) is 3.61. The van der Waals surface area contributed by atoms with E-state index in [1.54, 1.807) is 0 Å². The van der Waals surface area contributed by atoms with Crippen molar-refractivity contribution in [1.29, 1.82) is 0 Å². The Kier molecular flexibility index (Phi) is 2.18. The van der Waals surface area contributed by atoms with E-state index >= 15 is 0 Å². The molecule has 1 saturated carbocycles. The third-order valence-electron chi connectivity index (χ3n) is 2.74. The highest BCUT2D eigenvalue weighted by molar-refractivity contribution is 6.08. The Morgan fingerprint density at radius 3 is 2.67 bits per heavy atom. The van der Waals surface area contributed by atoms with Crippen molar-refractivity contribution in [3.8, 4) is 0 Å². The quantitative estimate of drug-likeness (QED) is 0.722. The summed E-state index contributed by atoms with van der Waals surface area (Å²) in [5, 5.41) is 14.9. The number of carbonyl (C=O) groups is 2. The Balaban J connectivity index is 2.10. The molecule has 0 atom stereocenters. The van der Waals surface area contributed by atoms with Gasteiger partial charge in [0.25, 0.3) is 0 Å². The molecule has 1 amide bonds. The summed E-state index contributed by atoms with van der Waals surface area (Å²) in [6, 6.07) is 0. The second kappa shape index (κ2) is 3.38. The van der Waals surface area contributed by atoms with Crippen molar-refractivity contribution in [3.05, 3.63) is 12.5 Å². The number of rotatable bonds is 3. The van der Waals surface area contributed by atoms with E-state index < -0.39 is 17.3 Å². The van der Waals surface area contributed by atoms with Crippen molar-refractivity contribution in [3.63, 3.8) is 0 Å². The van der Waals surface area contributed by atoms with Crippen LogP contribution in [0.1, 0.15) is 19.3 Å². The highest BCUT2D eigenvalue weighted by Gasteiger charge is 2.51. The minimum Gasteiger partial charge on any atom is -0.480 e. The lowest BCUT2D eigenvalue weighted by atomic mass is 9.68. The molecule has 0 spiro atoms. The Hall–Kier alpha value is -1.85. The van der Waals surface area contributed by atoms with Crippen molar-refractivity contribution in [2.75, 3.05) is 5.32 Å². The van der Waals surface area contributed by atoms with E-state index in [-0.39, 0.29) is 0 Å². The summed E-state index contributed by atoms with van der Waals surface area (Å²) < 4.78 is 4.53. The lowest BCUT2D eigenvalue weighted by molar-refractivity contribution is -0.159. The zero-order chi connectivity index (χ0) is 10.9. The normalized spacial score (nSPS) is 17.9. The fourth-order valence-corrected chi connectivity index (χ4v) is 1.59. The summed E-state index contributed by atoms with van der Waals surface area (Å²) in [6.07, 6.45) is 4.13. The standard InChI is InChI=1S/C9H10N2O4/c12-7(11-6-4-10-15-5-6)9(8(13)14)2-1-3-9/h4-5H,1-3H2,(H,11,12)(H,13,14). The monoisotopic (exact) mass is 210 g/mol. The summed E-state index contributed by atoms with van der Waals surface area (Å²) in [5.74, 6) is -1.56. The minimum absolute atomic E-state index is 0.382. The van der Waals surface area contributed by atoms with Crippen LogP contribution in [-0.2, 0) is 9.59 Å². The first-order chi connectivity index (χ1) is 7.15. The van der Waals surface area contributed by atoms with Crippen molar-refractivity contribution < 1.29 is 19.2 Å². The number of carbonyl (C=O) groups excluding carboxylic acids is 1. The molecule has 0 aliphatic heterocycles. The van der Waals surface area contributed by atoms with Crippen molar-refractivity contribution in [2.24, 2.45) is 5.41 Å². The number of hydrogen-bond donors (Lipinski definition) is 2. The fraction of sp³-hybridized carbons (Fsp3) is 0.444. The first-order valence-electron chi connectivity index (χ1n) is 4.59. The SMILES string of the molecule is O=C(O)C1(C(=O)Nc2cnoc2)CCC1. The van der Waals surface area contributed by atoms with Crippen molar-refractivity contribution in [1.82, 2.24) is 5.16 Å². The number of anilines is 1. The highest BCUT2D eigenvalue weighted by Crippen LogP contribution is 2.42. The second-order valence-electron chi connectivity index (χ2n) is 3.61. The van der Waals surface area contributed by atoms with Gasteiger partial charge >= 0.3 is 5.97 Å². The molecule has 80 valence electrons. The van der Waals surface area contributed by atoms with Gasteiger partial charge in [-0.15, -0.1) is 0 Å². The van der Waals surface area contributed by atoms with Gasteiger partial charge in [-0.2, -0.15) is 0 Å². The summed E-state index contributed by atoms with van der Waals surface area (Å²) in [7, 11) is 0. The maximum absolute atomic E-state index is 11.7. The molecule has 1 aromatic rings. The Labute approximate surface area is 85.2 Å². The van der Waals surface area contributed by atoms with Crippen LogP contribution in [0.2, 0.25) is 0 Å². The lowest BCUT2D eigenvalue weighted by Gasteiger charge is -2.35. The average Bonchev–Trinajstić information content (AvgIpc) is 2.53. The zero-order valence-corrected chi connectivity index (χ0v) is 7.90. The summed E-state index contributed by atoms with van der Waals surface area (Å²) >= 11 is 0. The minimum atomic E-state index is -1.25. The van der Waals surface area contributed by atoms with Crippen molar-refractivity contribution in [2.45, 2.75) is 19.3 Å². The molecule has 6 heteroatoms. The molecule has 0 bridgehead atoms. The number of aromatic nitrogens is 1. The third kappa shape index (κ3) is 1.47. The molecule has 0 saturated heterocycles. The van der Waals surface area contributed by atoms with E-state index in [0.29, 0.717) is 18.5 Å². The Morgan fingerprint density at radius 1 is 1.53 bits per heavy atom. The van der Waals surface area contributed by atoms with Crippen LogP contribution >= 0.6 is 0 Å². The zero-order valence-electron chi connectivity index (χ0n) is 7.90. The molecule has 15 heavy (non-hydrogen) atoms. The van der Waals surface area contributed by atoms with Crippen molar-refractivity contribution >= 4 is 17.6 Å². The van der Waals surface area contributed by atoms with Crippen LogP contribution < -0.4 is 5.32 Å². The number of carboxylic acids is 1. The first-order valence-corrected chi connectivity index (χ1v) is 4.59. The molecule has 2 N–H and O–H groups in total. The van der Waals surface area contributed by atoms with Gasteiger partial charge in [-0.05, 0) is 12.8 Å². The molecule has 6 nitrogen and oxygen atoms in total. The molecule has 1 aliphatic rings. The molecular weight excluding hydrogens is 200 g/mol. The van der Waals surface area contributed by atoms with Gasteiger partial charge in [-0.3, -0.25) is 9.59 Å². The predicted octanol–water partition coefficient (Wildman–Crippen LogP) is 0.868. The van der Waals surface area contributed by atoms with Gasteiger partial charge in [0.15, 0.2) is 0 Å². The molecule has 1 aliphatic carbocycles. The van der Waals surface area contributed by atoms with Gasteiger partial charge < -0.3 is 14.9 Å². The number of aliphatic carboxylic acids is 1. The summed E-state index contributed by atoms with van der Waals surface area (Å²) in [6.45, 7) is 0. The third-order valence-corrected chi connectivity index (χ3v) is 2.74. The van der Waals surface area contributed by atoms with Crippen LogP contribution in [0.4, 0.5) is 5.69 Å². The number of nitrogens with zero attached hydrogens (tertiary/aromatic N) is 1. The average molecular weight is 210 g/mol. The van der Waals surface area contributed by atoms with Crippen LogP contribution in [0.5, 0.6) is 0 Å². The van der Waals surface area contributed by atoms with E-state index in [4.69, 9.17) is 5.11 Å². The lowest BCUT2D eigenvalue weighted by Crippen LogP contribution is -2.48. The van der Waals surface area contributed by atoms with E-state index in [9.17, 15) is 9.59 Å². The van der Waals surface area contributed by atoms with E-state index in [2.05, 4.69) is 15.0 Å². The van der Waals surface area contributed by atoms with Crippen LogP contribution in [0, 0.1) is 5.41 Å². The maximum atomic E-state index is 11.7. The molecule has 1 fully saturated rings. The Bertz CT molecular complexity index is 381. The van der Waals surface area contributed by atoms with E-state index in [1.165, 1.54) is 12.5 Å². The number of amides is 1. The molecule has 1 heterocycles. The van der Waals surface area contributed by atoms with Gasteiger partial charge in [0, 0.05) is 0 Å². The molecule has 2 rings (SSSR count). The topological polar surface area (TPSA) is 92.4 Å². The smallest absolute Gasteiger partial charge is 0.319 e. The van der Waals surface area contributed by atoms with E-state index in [1.807, 2.05) is 0 Å². The highest BCUT2D eigenvalue weighted by atomic mass is 16.5. The fourth-order valence-electron chi connectivity index (χ4n) is 1.59. The molecule has 0 aromatic carbocycles. The largest absolute Gasteiger partial charge is 0.480 e. The molecule has 1 aromatic heterocycles. The van der Waals surface area contributed by atoms with Crippen LogP contribution in [0.15, 0.2) is 17.0 Å².